The molecule has 176 valence electrons. The first-order chi connectivity index (χ1) is 16.2. The van der Waals surface area contributed by atoms with E-state index in [9.17, 15) is 27.9 Å². The van der Waals surface area contributed by atoms with Gasteiger partial charge >= 0.3 is 6.18 Å². The molecule has 3 aromatic rings. The minimum Gasteiger partial charge on any atom is -0.378 e. The molecule has 34 heavy (non-hydrogen) atoms. The highest BCUT2D eigenvalue weighted by molar-refractivity contribution is 5.82. The number of halogens is 3. The van der Waals surface area contributed by atoms with Crippen molar-refractivity contribution in [2.24, 2.45) is 0 Å². The molecule has 1 atom stereocenters. The van der Waals surface area contributed by atoms with Crippen LogP contribution in [0.3, 0.4) is 0 Å². The average molecular weight is 469 g/mol. The van der Waals surface area contributed by atoms with Crippen LogP contribution in [0.1, 0.15) is 52.7 Å². The highest BCUT2D eigenvalue weighted by Gasteiger charge is 2.48. The van der Waals surface area contributed by atoms with Crippen LogP contribution in [-0.4, -0.2) is 32.4 Å². The molecule has 2 heterocycles. The topological polar surface area (TPSA) is 86.3 Å². The minimum absolute atomic E-state index is 0.0643. The number of amides is 1. The number of hydrogen-bond acceptors (Lipinski definition) is 4. The summed E-state index contributed by atoms with van der Waals surface area (Å²) in [4.78, 5) is 34.7. The van der Waals surface area contributed by atoms with E-state index >= 15 is 0 Å². The van der Waals surface area contributed by atoms with Gasteiger partial charge in [-0.3, -0.25) is 9.59 Å². The molecule has 0 unspecified atom stereocenters. The van der Waals surface area contributed by atoms with E-state index in [4.69, 9.17) is 4.98 Å². The lowest BCUT2D eigenvalue weighted by Crippen LogP contribution is -2.42. The molecule has 1 saturated carbocycles. The van der Waals surface area contributed by atoms with Gasteiger partial charge in [0.1, 0.15) is 5.82 Å². The second-order valence-corrected chi connectivity index (χ2v) is 8.82. The molecular weight excluding hydrogens is 447 g/mol. The Kier molecular flexibility index (Phi) is 5.31. The summed E-state index contributed by atoms with van der Waals surface area (Å²) in [7, 11) is 0. The maximum atomic E-state index is 13.0. The molecule has 9 heteroatoms. The Balaban J connectivity index is 1.38. The molecule has 2 aliphatic rings. The number of aliphatic hydroxyl groups is 1. The molecule has 2 N–H and O–H groups in total. The standard InChI is InChI=1S/C25H22F3N3O3/c26-25(27,28)17-8-4-5-15(13-17)20(32)22(34)31-12-9-19-18(14-31)21(33)30-23(29-19)24(10-11-24)16-6-2-1-3-7-16/h1-8,13,20,32H,9-12,14H2,(H,29,30,33)/t20-/m1/s1. The van der Waals surface area contributed by atoms with E-state index in [2.05, 4.69) is 4.98 Å². The number of aromatic nitrogens is 2. The van der Waals surface area contributed by atoms with Gasteiger partial charge in [0.05, 0.1) is 28.8 Å². The zero-order valence-electron chi connectivity index (χ0n) is 18.1. The summed E-state index contributed by atoms with van der Waals surface area (Å²) in [6, 6.07) is 13.9. The van der Waals surface area contributed by atoms with Gasteiger partial charge in [-0.15, -0.1) is 0 Å². The fraction of sp³-hybridized carbons (Fsp3) is 0.320. The number of aromatic amines is 1. The lowest BCUT2D eigenvalue weighted by Gasteiger charge is -2.30. The van der Waals surface area contributed by atoms with Crippen LogP contribution in [-0.2, 0) is 29.4 Å². The predicted octanol–water partition coefficient (Wildman–Crippen LogP) is 3.49. The average Bonchev–Trinajstić information content (AvgIpc) is 3.65. The third-order valence-electron chi connectivity index (χ3n) is 6.67. The largest absolute Gasteiger partial charge is 0.416 e. The number of fused-ring (bicyclic) bond motifs is 1. The van der Waals surface area contributed by atoms with Gasteiger partial charge in [0.25, 0.3) is 11.5 Å². The van der Waals surface area contributed by atoms with E-state index in [1.54, 1.807) is 0 Å². The first-order valence-corrected chi connectivity index (χ1v) is 11.0. The van der Waals surface area contributed by atoms with Crippen molar-refractivity contribution < 1.29 is 23.1 Å². The molecule has 0 bridgehead atoms. The van der Waals surface area contributed by atoms with E-state index in [0.29, 0.717) is 23.5 Å². The third-order valence-corrected chi connectivity index (χ3v) is 6.67. The number of aliphatic hydroxyl groups excluding tert-OH is 1. The van der Waals surface area contributed by atoms with Gasteiger partial charge in [-0.05, 0) is 36.1 Å². The summed E-state index contributed by atoms with van der Waals surface area (Å²) in [5.74, 6) is -0.136. The Labute approximate surface area is 193 Å². The number of carbonyl (C=O) groups excluding carboxylic acids is 1. The summed E-state index contributed by atoms with van der Waals surface area (Å²) in [6.07, 6.45) is -4.27. The number of benzene rings is 2. The number of hydrogen-bond donors (Lipinski definition) is 2. The molecule has 1 amide bonds. The minimum atomic E-state index is -4.59. The summed E-state index contributed by atoms with van der Waals surface area (Å²) >= 11 is 0. The van der Waals surface area contributed by atoms with E-state index in [1.807, 2.05) is 30.3 Å². The molecule has 5 rings (SSSR count). The van der Waals surface area contributed by atoms with Crippen molar-refractivity contribution in [3.05, 3.63) is 98.7 Å². The van der Waals surface area contributed by atoms with Gasteiger partial charge in [0, 0.05) is 13.0 Å². The smallest absolute Gasteiger partial charge is 0.378 e. The third kappa shape index (κ3) is 3.90. The fourth-order valence-electron chi connectivity index (χ4n) is 4.58. The van der Waals surface area contributed by atoms with Crippen LogP contribution in [0.4, 0.5) is 13.2 Å². The predicted molar refractivity (Wildman–Crippen MR) is 117 cm³/mol. The van der Waals surface area contributed by atoms with Gasteiger partial charge in [0.15, 0.2) is 6.10 Å². The van der Waals surface area contributed by atoms with Crippen molar-refractivity contribution in [1.82, 2.24) is 14.9 Å². The van der Waals surface area contributed by atoms with Gasteiger partial charge in [-0.2, -0.15) is 13.2 Å². The number of nitrogens with one attached hydrogen (secondary N) is 1. The maximum absolute atomic E-state index is 13.0. The van der Waals surface area contributed by atoms with Crippen LogP contribution >= 0.6 is 0 Å². The molecule has 0 spiro atoms. The van der Waals surface area contributed by atoms with Crippen molar-refractivity contribution >= 4 is 5.91 Å². The van der Waals surface area contributed by atoms with Crippen LogP contribution in [0.15, 0.2) is 59.4 Å². The van der Waals surface area contributed by atoms with Crippen LogP contribution in [0.5, 0.6) is 0 Å². The molecule has 1 fully saturated rings. The Morgan fingerprint density at radius 3 is 2.53 bits per heavy atom. The van der Waals surface area contributed by atoms with Crippen molar-refractivity contribution in [1.29, 1.82) is 0 Å². The Bertz CT molecular complexity index is 1300. The van der Waals surface area contributed by atoms with Gasteiger partial charge in [-0.25, -0.2) is 4.98 Å². The second-order valence-electron chi connectivity index (χ2n) is 8.82. The fourth-order valence-corrected chi connectivity index (χ4v) is 4.58. The van der Waals surface area contributed by atoms with Gasteiger partial charge < -0.3 is 15.0 Å². The van der Waals surface area contributed by atoms with Crippen molar-refractivity contribution in [3.8, 4) is 0 Å². The molecule has 0 saturated heterocycles. The highest BCUT2D eigenvalue weighted by atomic mass is 19.4. The maximum Gasteiger partial charge on any atom is 0.416 e. The number of H-pyrrole nitrogens is 1. The van der Waals surface area contributed by atoms with Crippen LogP contribution in [0.25, 0.3) is 0 Å². The summed E-state index contributed by atoms with van der Waals surface area (Å²) in [5.41, 5.74) is 0.306. The zero-order valence-corrected chi connectivity index (χ0v) is 18.1. The lowest BCUT2D eigenvalue weighted by molar-refractivity contribution is -0.142. The monoisotopic (exact) mass is 469 g/mol. The highest BCUT2D eigenvalue weighted by Crippen LogP contribution is 2.51. The molecule has 2 aromatic carbocycles. The van der Waals surface area contributed by atoms with E-state index < -0.39 is 23.8 Å². The Morgan fingerprint density at radius 1 is 1.12 bits per heavy atom. The van der Waals surface area contributed by atoms with Crippen molar-refractivity contribution in [2.45, 2.75) is 43.5 Å². The zero-order chi connectivity index (χ0) is 24.1. The second kappa shape index (κ2) is 8.09. The normalized spacial score (nSPS) is 17.7. The molecular formula is C25H22F3N3O3. The molecule has 1 aliphatic carbocycles. The summed E-state index contributed by atoms with van der Waals surface area (Å²) in [5, 5.41) is 10.5. The SMILES string of the molecule is O=C([C@H](O)c1cccc(C(F)(F)F)c1)N1CCc2nc(C3(c4ccccc4)CC3)[nH]c(=O)c2C1. The first kappa shape index (κ1) is 22.3. The quantitative estimate of drug-likeness (QED) is 0.613. The van der Waals surface area contributed by atoms with Gasteiger partial charge in [0.2, 0.25) is 0 Å². The van der Waals surface area contributed by atoms with E-state index in [-0.39, 0.29) is 29.6 Å². The van der Waals surface area contributed by atoms with Crippen molar-refractivity contribution in [2.75, 3.05) is 6.54 Å². The van der Waals surface area contributed by atoms with E-state index in [0.717, 1.165) is 36.6 Å². The summed E-state index contributed by atoms with van der Waals surface area (Å²) in [6.45, 7) is 0.140. The van der Waals surface area contributed by atoms with Crippen LogP contribution in [0.2, 0.25) is 0 Å². The van der Waals surface area contributed by atoms with Gasteiger partial charge in [-0.1, -0.05) is 42.5 Å². The Morgan fingerprint density at radius 2 is 1.85 bits per heavy atom. The van der Waals surface area contributed by atoms with Crippen molar-refractivity contribution in [3.63, 3.8) is 0 Å². The van der Waals surface area contributed by atoms with Crippen LogP contribution in [0, 0.1) is 0 Å². The lowest BCUT2D eigenvalue weighted by atomic mass is 9.94. The molecule has 6 nitrogen and oxygen atoms in total. The number of rotatable bonds is 4. The van der Waals surface area contributed by atoms with E-state index in [1.165, 1.54) is 11.0 Å². The number of carbonyl (C=O) groups is 1. The Hall–Kier alpha value is -3.46. The molecule has 1 aromatic heterocycles. The first-order valence-electron chi connectivity index (χ1n) is 11.0. The number of alkyl halides is 3. The molecule has 1 aliphatic heterocycles. The molecule has 0 radical (unpaired) electrons. The number of nitrogens with zero attached hydrogens (tertiary/aromatic N) is 2. The van der Waals surface area contributed by atoms with Crippen LogP contribution < -0.4 is 5.56 Å². The summed E-state index contributed by atoms with van der Waals surface area (Å²) < 4.78 is 39.0.